The second kappa shape index (κ2) is 6.18. The second-order valence-corrected chi connectivity index (χ2v) is 5.10. The number of piperazine rings is 1. The molecule has 0 saturated carbocycles. The molecule has 0 atom stereocenters. The van der Waals surface area contributed by atoms with Crippen molar-refractivity contribution in [3.05, 3.63) is 35.4 Å². The fourth-order valence-electron chi connectivity index (χ4n) is 2.44. The van der Waals surface area contributed by atoms with Gasteiger partial charge in [0.1, 0.15) is 0 Å². The summed E-state index contributed by atoms with van der Waals surface area (Å²) in [6, 6.07) is 8.94. The molecule has 0 N–H and O–H groups in total. The van der Waals surface area contributed by atoms with Gasteiger partial charge in [0, 0.05) is 32.7 Å². The summed E-state index contributed by atoms with van der Waals surface area (Å²) in [5.41, 5.74) is 2.79. The van der Waals surface area contributed by atoms with E-state index >= 15 is 0 Å². The third-order valence-corrected chi connectivity index (χ3v) is 3.53. The first-order valence-electron chi connectivity index (χ1n) is 6.78. The molecule has 0 aliphatic carbocycles. The predicted octanol–water partition coefficient (Wildman–Crippen LogP) is 2.52. The first-order chi connectivity index (χ1) is 8.28. The van der Waals surface area contributed by atoms with E-state index in [1.54, 1.807) is 0 Å². The van der Waals surface area contributed by atoms with Crippen LogP contribution in [0.25, 0.3) is 0 Å². The Morgan fingerprint density at radius 1 is 0.941 bits per heavy atom. The molecule has 2 rings (SSSR count). The van der Waals surface area contributed by atoms with E-state index < -0.39 is 0 Å². The third kappa shape index (κ3) is 3.83. The zero-order chi connectivity index (χ0) is 12.1. The molecule has 0 radical (unpaired) electrons. The van der Waals surface area contributed by atoms with E-state index in [1.807, 2.05) is 0 Å². The quantitative estimate of drug-likeness (QED) is 0.787. The zero-order valence-corrected chi connectivity index (χ0v) is 11.2. The lowest BCUT2D eigenvalue weighted by Crippen LogP contribution is -2.45. The number of hydrogen-bond donors (Lipinski definition) is 0. The monoisotopic (exact) mass is 232 g/mol. The number of aryl methyl sites for hydroxylation is 1. The average molecular weight is 232 g/mol. The highest BCUT2D eigenvalue weighted by molar-refractivity contribution is 5.21. The lowest BCUT2D eigenvalue weighted by atomic mass is 10.1. The van der Waals surface area contributed by atoms with Gasteiger partial charge in [-0.25, -0.2) is 0 Å². The first kappa shape index (κ1) is 12.6. The molecule has 0 spiro atoms. The standard InChI is InChI=1S/C15H24N2/c1-3-8-16-9-11-17(12-10-16)13-15-6-4-14(2)5-7-15/h4-7H,3,8-13H2,1-2H3. The minimum Gasteiger partial charge on any atom is -0.301 e. The highest BCUT2D eigenvalue weighted by Crippen LogP contribution is 2.09. The van der Waals surface area contributed by atoms with Crippen LogP contribution in [-0.2, 0) is 6.54 Å². The largest absolute Gasteiger partial charge is 0.301 e. The molecule has 1 aromatic rings. The Balaban J connectivity index is 1.79. The Labute approximate surface area is 105 Å². The molecule has 0 bridgehead atoms. The van der Waals surface area contributed by atoms with E-state index in [1.165, 1.54) is 50.3 Å². The fraction of sp³-hybridized carbons (Fsp3) is 0.600. The summed E-state index contributed by atoms with van der Waals surface area (Å²) in [5, 5.41) is 0. The Morgan fingerprint density at radius 3 is 2.12 bits per heavy atom. The second-order valence-electron chi connectivity index (χ2n) is 5.10. The van der Waals surface area contributed by atoms with Crippen molar-refractivity contribution >= 4 is 0 Å². The maximum atomic E-state index is 2.58. The topological polar surface area (TPSA) is 6.48 Å². The van der Waals surface area contributed by atoms with Gasteiger partial charge >= 0.3 is 0 Å². The van der Waals surface area contributed by atoms with Gasteiger partial charge in [-0.15, -0.1) is 0 Å². The molecule has 1 aromatic carbocycles. The lowest BCUT2D eigenvalue weighted by molar-refractivity contribution is 0.127. The maximum absolute atomic E-state index is 2.58. The summed E-state index contributed by atoms with van der Waals surface area (Å²) in [7, 11) is 0. The van der Waals surface area contributed by atoms with E-state index in [2.05, 4.69) is 47.9 Å². The summed E-state index contributed by atoms with van der Waals surface area (Å²) in [5.74, 6) is 0. The number of benzene rings is 1. The predicted molar refractivity (Wildman–Crippen MR) is 73.2 cm³/mol. The molecule has 17 heavy (non-hydrogen) atoms. The molecule has 2 heteroatoms. The first-order valence-corrected chi connectivity index (χ1v) is 6.78. The van der Waals surface area contributed by atoms with Crippen LogP contribution in [0.5, 0.6) is 0 Å². The summed E-state index contributed by atoms with van der Waals surface area (Å²) in [4.78, 5) is 5.14. The molecule has 0 amide bonds. The summed E-state index contributed by atoms with van der Waals surface area (Å²) in [6.07, 6.45) is 1.28. The minimum atomic E-state index is 1.11. The van der Waals surface area contributed by atoms with E-state index in [9.17, 15) is 0 Å². The van der Waals surface area contributed by atoms with Crippen LogP contribution in [-0.4, -0.2) is 42.5 Å². The average Bonchev–Trinajstić information content (AvgIpc) is 2.35. The normalized spacial score (nSPS) is 18.5. The molecule has 0 unspecified atom stereocenters. The van der Waals surface area contributed by atoms with Crippen LogP contribution in [0.2, 0.25) is 0 Å². The van der Waals surface area contributed by atoms with Crippen LogP contribution in [0, 0.1) is 6.92 Å². The van der Waals surface area contributed by atoms with Crippen molar-refractivity contribution in [1.29, 1.82) is 0 Å². The number of hydrogen-bond acceptors (Lipinski definition) is 2. The molecule has 1 saturated heterocycles. The maximum Gasteiger partial charge on any atom is 0.0234 e. The van der Waals surface area contributed by atoms with Crippen LogP contribution < -0.4 is 0 Å². The van der Waals surface area contributed by atoms with E-state index in [4.69, 9.17) is 0 Å². The van der Waals surface area contributed by atoms with Gasteiger partial charge in [0.2, 0.25) is 0 Å². The Hall–Kier alpha value is -0.860. The van der Waals surface area contributed by atoms with Gasteiger partial charge < -0.3 is 4.90 Å². The summed E-state index contributed by atoms with van der Waals surface area (Å²) in [6.45, 7) is 11.7. The molecule has 1 heterocycles. The molecule has 1 fully saturated rings. The van der Waals surface area contributed by atoms with Crippen LogP contribution >= 0.6 is 0 Å². The van der Waals surface area contributed by atoms with Crippen molar-refractivity contribution in [2.24, 2.45) is 0 Å². The van der Waals surface area contributed by atoms with Crippen LogP contribution in [0.4, 0.5) is 0 Å². The highest BCUT2D eigenvalue weighted by Gasteiger charge is 2.15. The van der Waals surface area contributed by atoms with Gasteiger partial charge in [-0.1, -0.05) is 36.8 Å². The fourth-order valence-corrected chi connectivity index (χ4v) is 2.44. The van der Waals surface area contributed by atoms with Crippen molar-refractivity contribution in [1.82, 2.24) is 9.80 Å². The highest BCUT2D eigenvalue weighted by atomic mass is 15.3. The SMILES string of the molecule is CCCN1CCN(Cc2ccc(C)cc2)CC1. The Bertz CT molecular complexity index is 323. The van der Waals surface area contributed by atoms with Crippen molar-refractivity contribution in [2.75, 3.05) is 32.7 Å². The summed E-state index contributed by atoms with van der Waals surface area (Å²) < 4.78 is 0. The molecule has 2 nitrogen and oxygen atoms in total. The Morgan fingerprint density at radius 2 is 1.53 bits per heavy atom. The molecule has 1 aliphatic rings. The van der Waals surface area contributed by atoms with Gasteiger partial charge in [-0.2, -0.15) is 0 Å². The summed E-state index contributed by atoms with van der Waals surface area (Å²) >= 11 is 0. The molecular weight excluding hydrogens is 208 g/mol. The number of nitrogens with zero attached hydrogens (tertiary/aromatic N) is 2. The smallest absolute Gasteiger partial charge is 0.0234 e. The van der Waals surface area contributed by atoms with Crippen LogP contribution in [0.1, 0.15) is 24.5 Å². The van der Waals surface area contributed by atoms with E-state index in [-0.39, 0.29) is 0 Å². The van der Waals surface area contributed by atoms with Crippen LogP contribution in [0.15, 0.2) is 24.3 Å². The van der Waals surface area contributed by atoms with Crippen molar-refractivity contribution < 1.29 is 0 Å². The Kier molecular flexibility index (Phi) is 4.57. The third-order valence-electron chi connectivity index (χ3n) is 3.53. The molecule has 1 aliphatic heterocycles. The zero-order valence-electron chi connectivity index (χ0n) is 11.2. The van der Waals surface area contributed by atoms with Crippen molar-refractivity contribution in [2.45, 2.75) is 26.8 Å². The minimum absolute atomic E-state index is 1.11. The van der Waals surface area contributed by atoms with Gasteiger partial charge in [0.15, 0.2) is 0 Å². The van der Waals surface area contributed by atoms with Gasteiger partial charge in [-0.05, 0) is 25.5 Å². The van der Waals surface area contributed by atoms with E-state index in [0.717, 1.165) is 6.54 Å². The van der Waals surface area contributed by atoms with Gasteiger partial charge in [-0.3, -0.25) is 4.90 Å². The van der Waals surface area contributed by atoms with Gasteiger partial charge in [0.25, 0.3) is 0 Å². The number of rotatable bonds is 4. The van der Waals surface area contributed by atoms with Crippen molar-refractivity contribution in [3.8, 4) is 0 Å². The van der Waals surface area contributed by atoms with Crippen LogP contribution in [0.3, 0.4) is 0 Å². The lowest BCUT2D eigenvalue weighted by Gasteiger charge is -2.34. The molecule has 0 aromatic heterocycles. The van der Waals surface area contributed by atoms with Crippen molar-refractivity contribution in [3.63, 3.8) is 0 Å². The molecule has 94 valence electrons. The van der Waals surface area contributed by atoms with E-state index in [0.29, 0.717) is 0 Å². The van der Waals surface area contributed by atoms with Gasteiger partial charge in [0.05, 0.1) is 0 Å². The molecular formula is C15H24N2.